The van der Waals surface area contributed by atoms with Crippen molar-refractivity contribution in [2.24, 2.45) is 0 Å². The Morgan fingerprint density at radius 1 is 0.571 bits per heavy atom. The summed E-state index contributed by atoms with van der Waals surface area (Å²) in [5.41, 5.74) is 0. The molecule has 0 radical (unpaired) electrons. The Balaban J connectivity index is -0.0000106. The molecule has 0 heterocycles. The van der Waals surface area contributed by atoms with E-state index in [2.05, 4.69) is 16.8 Å². The maximum absolute atomic E-state index is 12.3. The molecule has 49 heavy (non-hydrogen) atoms. The van der Waals surface area contributed by atoms with E-state index in [1.165, 1.54) is 96.3 Å². The van der Waals surface area contributed by atoms with Crippen molar-refractivity contribution in [1.29, 1.82) is 0 Å². The second kappa shape index (κ2) is 39.7. The molecule has 0 bridgehead atoms. The zero-order valence-corrected chi connectivity index (χ0v) is 36.8. The number of phosphoric ester groups is 1. The first kappa shape index (κ1) is 53.9. The fraction of sp³-hybridized carbons (Fsp3) is 0.917. The third kappa shape index (κ3) is 44.6. The Kier molecular flexibility index (Phi) is 43.7. The molecule has 1 amide bonds. The van der Waals surface area contributed by atoms with Crippen LogP contribution in [-0.4, -0.2) is 43.7 Å². The number of nitrogens with one attached hydrogen (secondary N) is 1. The first-order valence-electron chi connectivity index (χ1n) is 18.9. The van der Waals surface area contributed by atoms with Crippen LogP contribution >= 0.6 is 7.82 Å². The molecule has 0 aliphatic rings. The van der Waals surface area contributed by atoms with E-state index in [1.54, 1.807) is 6.92 Å². The average Bonchev–Trinajstić information content (AvgIpc) is 3.02. The van der Waals surface area contributed by atoms with Crippen molar-refractivity contribution in [3.05, 3.63) is 0 Å². The van der Waals surface area contributed by atoms with Crippen LogP contribution in [0.25, 0.3) is 0 Å². The van der Waals surface area contributed by atoms with Gasteiger partial charge < -0.3 is 33.7 Å². The van der Waals surface area contributed by atoms with E-state index < -0.39 is 32.5 Å². The van der Waals surface area contributed by atoms with Gasteiger partial charge in [0, 0.05) is 26.3 Å². The third-order valence-electron chi connectivity index (χ3n) is 8.31. The predicted octanol–water partition coefficient (Wildman–Crippen LogP) is 1.98. The molecule has 0 saturated heterocycles. The number of ether oxygens (including phenoxy) is 2. The van der Waals surface area contributed by atoms with Gasteiger partial charge in [-0.25, -0.2) is 0 Å². The van der Waals surface area contributed by atoms with Crippen LogP contribution < -0.4 is 74.2 Å². The Morgan fingerprint density at radius 2 is 0.939 bits per heavy atom. The molecule has 0 aromatic carbocycles. The minimum absolute atomic E-state index is 0. The van der Waals surface area contributed by atoms with Gasteiger partial charge in [-0.2, -0.15) is 0 Å². The van der Waals surface area contributed by atoms with Gasteiger partial charge in [0.2, 0.25) is 5.91 Å². The largest absolute Gasteiger partial charge is 1.00 e. The van der Waals surface area contributed by atoms with Crippen LogP contribution in [0.2, 0.25) is 0 Å². The van der Waals surface area contributed by atoms with Crippen LogP contribution in [0.5, 0.6) is 0 Å². The number of esters is 2. The summed E-state index contributed by atoms with van der Waals surface area (Å²) in [7, 11) is -5.25. The van der Waals surface area contributed by atoms with Crippen LogP contribution in [0.4, 0.5) is 0 Å². The Labute approximate surface area is 343 Å². The van der Waals surface area contributed by atoms with Crippen LogP contribution in [0.3, 0.4) is 0 Å². The zero-order valence-electron chi connectivity index (χ0n) is 31.9. The summed E-state index contributed by atoms with van der Waals surface area (Å²) in [6, 6.07) is 0. The van der Waals surface area contributed by atoms with Crippen LogP contribution in [0, 0.1) is 0 Å². The topological polar surface area (TPSA) is 154 Å². The molecule has 1 atom stereocenters. The van der Waals surface area contributed by atoms with Crippen LogP contribution in [0.15, 0.2) is 0 Å². The average molecular weight is 736 g/mol. The maximum atomic E-state index is 12.3. The number of hydrogen-bond acceptors (Lipinski definition) is 9. The first-order chi connectivity index (χ1) is 22.6. The van der Waals surface area contributed by atoms with Crippen molar-refractivity contribution in [2.75, 3.05) is 19.8 Å². The molecule has 0 aromatic heterocycles. The summed E-state index contributed by atoms with van der Waals surface area (Å²) in [6.45, 7) is 3.53. The molecule has 1 N–H and O–H groups in total. The van der Waals surface area contributed by atoms with Crippen molar-refractivity contribution < 1.29 is 102 Å². The first-order valence-corrected chi connectivity index (χ1v) is 20.4. The second-order valence-electron chi connectivity index (χ2n) is 13.0. The quantitative estimate of drug-likeness (QED) is 0.0446. The zero-order chi connectivity index (χ0) is 34.9. The SMILES string of the molecule is CCCCCCCCCCCCCCCC(=O)O[C@H](COC(=O)CCCCCCCCCCCCCCNC(C)=O)COP(=O)([O-])[O-].[Na+].[Na+]. The van der Waals surface area contributed by atoms with Gasteiger partial charge in [-0.3, -0.25) is 14.4 Å². The number of carbonyl (C=O) groups is 3. The number of rotatable bonds is 35. The van der Waals surface area contributed by atoms with E-state index in [0.29, 0.717) is 12.8 Å². The molecule has 0 aromatic rings. The molecule has 0 aliphatic carbocycles. The summed E-state index contributed by atoms with van der Waals surface area (Å²) in [5.74, 6) is -0.941. The molecule has 13 heteroatoms. The fourth-order valence-electron chi connectivity index (χ4n) is 5.51. The van der Waals surface area contributed by atoms with E-state index in [9.17, 15) is 28.7 Å². The van der Waals surface area contributed by atoms with Gasteiger partial charge in [-0.05, 0) is 19.3 Å². The smallest absolute Gasteiger partial charge is 0.790 e. The minimum atomic E-state index is -5.25. The maximum Gasteiger partial charge on any atom is 1.00 e. The Hall–Kier alpha value is 0.520. The molecule has 0 fully saturated rings. The molecule has 278 valence electrons. The van der Waals surface area contributed by atoms with E-state index in [0.717, 1.165) is 57.9 Å². The van der Waals surface area contributed by atoms with Gasteiger partial charge >= 0.3 is 71.1 Å². The molecule has 0 saturated carbocycles. The number of hydrogen-bond donors (Lipinski definition) is 1. The van der Waals surface area contributed by atoms with Crippen molar-refractivity contribution in [1.82, 2.24) is 5.32 Å². The Morgan fingerprint density at radius 3 is 1.33 bits per heavy atom. The summed E-state index contributed by atoms with van der Waals surface area (Å²) < 4.78 is 25.7. The molecule has 10 nitrogen and oxygen atoms in total. The van der Waals surface area contributed by atoms with E-state index in [4.69, 9.17) is 9.47 Å². The number of carbonyl (C=O) groups excluding carboxylic acids is 3. The predicted molar refractivity (Wildman–Crippen MR) is 183 cm³/mol. The summed E-state index contributed by atoms with van der Waals surface area (Å²) in [6.07, 6.45) is 28.0. The van der Waals surface area contributed by atoms with Crippen molar-refractivity contribution in [3.63, 3.8) is 0 Å². The fourth-order valence-corrected chi connectivity index (χ4v) is 5.86. The molecular formula is C36H68NNa2O9P. The third-order valence-corrected chi connectivity index (χ3v) is 8.78. The summed E-state index contributed by atoms with van der Waals surface area (Å²) in [4.78, 5) is 57.2. The van der Waals surface area contributed by atoms with Gasteiger partial charge in [0.15, 0.2) is 6.10 Å². The van der Waals surface area contributed by atoms with E-state index >= 15 is 0 Å². The summed E-state index contributed by atoms with van der Waals surface area (Å²) in [5, 5.41) is 2.82. The minimum Gasteiger partial charge on any atom is -0.790 e. The number of phosphoric acid groups is 1. The Bertz CT molecular complexity index is 817. The van der Waals surface area contributed by atoms with Gasteiger partial charge in [-0.1, -0.05) is 148 Å². The van der Waals surface area contributed by atoms with E-state index in [-0.39, 0.29) is 84.5 Å². The van der Waals surface area contributed by atoms with Crippen molar-refractivity contribution in [2.45, 2.75) is 193 Å². The van der Waals surface area contributed by atoms with Crippen molar-refractivity contribution in [3.8, 4) is 0 Å². The van der Waals surface area contributed by atoms with Gasteiger partial charge in [0.25, 0.3) is 0 Å². The standard InChI is InChI=1S/C36H70NO9P.2Na/c1-3-4-5-6-7-8-9-10-14-17-20-23-26-29-36(40)46-34(32-45-47(41,42)43)31-44-35(39)28-25-22-19-16-13-11-12-15-18-21-24-27-30-37-33(2)38;;/h34H,3-32H2,1-2H3,(H,37,38)(H2,41,42,43);;/q;2*+1/p-2/t34-;;/m1../s1. The second-order valence-corrected chi connectivity index (χ2v) is 14.2. The molecule has 0 unspecified atom stereocenters. The normalized spacial score (nSPS) is 11.7. The molecular weight excluding hydrogens is 667 g/mol. The van der Waals surface area contributed by atoms with Crippen LogP contribution in [-0.2, 0) is 32.9 Å². The van der Waals surface area contributed by atoms with Crippen molar-refractivity contribution >= 4 is 25.7 Å². The molecule has 0 spiro atoms. The van der Waals surface area contributed by atoms with Gasteiger partial charge in [0.05, 0.1) is 14.4 Å². The van der Waals surface area contributed by atoms with Crippen LogP contribution in [0.1, 0.15) is 187 Å². The van der Waals surface area contributed by atoms with Gasteiger partial charge in [0.1, 0.15) is 6.61 Å². The van der Waals surface area contributed by atoms with Gasteiger partial charge in [-0.15, -0.1) is 0 Å². The monoisotopic (exact) mass is 735 g/mol. The van der Waals surface area contributed by atoms with E-state index in [1.807, 2.05) is 0 Å². The summed E-state index contributed by atoms with van der Waals surface area (Å²) >= 11 is 0. The molecule has 0 rings (SSSR count). The number of amides is 1. The number of unbranched alkanes of at least 4 members (excludes halogenated alkanes) is 23. The molecule has 0 aliphatic heterocycles.